The smallest absolute Gasteiger partial charge is 0.368 e. The Hall–Kier alpha value is -1.72. The van der Waals surface area contributed by atoms with Crippen LogP contribution in [0.25, 0.3) is 0 Å². The van der Waals surface area contributed by atoms with Gasteiger partial charge in [-0.2, -0.15) is 13.2 Å². The lowest BCUT2D eigenvalue weighted by atomic mass is 10.1. The number of hydrogen-bond acceptors (Lipinski definition) is 2. The molecule has 1 aromatic carbocycles. The first-order chi connectivity index (χ1) is 11.9. The molecule has 1 amide bonds. The van der Waals surface area contributed by atoms with Gasteiger partial charge in [0.15, 0.2) is 0 Å². The Labute approximate surface area is 147 Å². The second-order valence-corrected chi connectivity index (χ2v) is 6.58. The number of rotatable bonds is 7. The van der Waals surface area contributed by atoms with Crippen molar-refractivity contribution in [3.63, 3.8) is 0 Å². The first kappa shape index (κ1) is 19.6. The fourth-order valence-electron chi connectivity index (χ4n) is 3.11. The molecule has 0 N–H and O–H groups in total. The molecule has 140 valence electrons. The number of hydrogen-bond donors (Lipinski definition) is 0. The molecule has 0 bridgehead atoms. The summed E-state index contributed by atoms with van der Waals surface area (Å²) >= 11 is 0. The highest BCUT2D eigenvalue weighted by Gasteiger charge is 2.30. The summed E-state index contributed by atoms with van der Waals surface area (Å²) in [6.45, 7) is 4.75. The van der Waals surface area contributed by atoms with Crippen molar-refractivity contribution in [3.05, 3.63) is 29.8 Å². The van der Waals surface area contributed by atoms with Gasteiger partial charge in [0, 0.05) is 38.3 Å². The maximum Gasteiger partial charge on any atom is 0.416 e. The van der Waals surface area contributed by atoms with Gasteiger partial charge in [0.2, 0.25) is 5.91 Å². The fourth-order valence-corrected chi connectivity index (χ4v) is 3.11. The molecule has 0 spiro atoms. The summed E-state index contributed by atoms with van der Waals surface area (Å²) in [7, 11) is 0. The standard InChI is InChI=1S/C19H27F3N2O/c1-2-3-4-5-6-7-18(25)24-14-12-23(13-15-24)17-10-8-16(9-11-17)19(20,21)22/h8-11H,2-7,12-15H2,1H3. The van der Waals surface area contributed by atoms with E-state index in [9.17, 15) is 18.0 Å². The molecule has 2 rings (SSSR count). The van der Waals surface area contributed by atoms with Crippen LogP contribution in [0.15, 0.2) is 24.3 Å². The van der Waals surface area contributed by atoms with Gasteiger partial charge in [0.25, 0.3) is 0 Å². The summed E-state index contributed by atoms with van der Waals surface area (Å²) < 4.78 is 37.8. The average Bonchev–Trinajstić information content (AvgIpc) is 2.61. The number of amides is 1. The number of unbranched alkanes of at least 4 members (excludes halogenated alkanes) is 4. The van der Waals surface area contributed by atoms with Crippen molar-refractivity contribution in [2.45, 2.75) is 51.6 Å². The van der Waals surface area contributed by atoms with E-state index in [-0.39, 0.29) is 5.91 Å². The normalized spacial score (nSPS) is 15.5. The average molecular weight is 356 g/mol. The van der Waals surface area contributed by atoms with Crippen molar-refractivity contribution in [2.24, 2.45) is 0 Å². The van der Waals surface area contributed by atoms with Gasteiger partial charge in [-0.05, 0) is 30.7 Å². The molecule has 0 atom stereocenters. The van der Waals surface area contributed by atoms with Gasteiger partial charge >= 0.3 is 6.18 Å². The lowest BCUT2D eigenvalue weighted by Gasteiger charge is -2.36. The lowest BCUT2D eigenvalue weighted by Crippen LogP contribution is -2.48. The third kappa shape index (κ3) is 5.94. The van der Waals surface area contributed by atoms with E-state index in [0.29, 0.717) is 32.6 Å². The van der Waals surface area contributed by atoms with Crippen molar-refractivity contribution in [3.8, 4) is 0 Å². The van der Waals surface area contributed by atoms with Gasteiger partial charge in [-0.25, -0.2) is 0 Å². The number of halogens is 3. The molecule has 1 aliphatic heterocycles. The van der Waals surface area contributed by atoms with Crippen LogP contribution in [0, 0.1) is 0 Å². The third-order valence-corrected chi connectivity index (χ3v) is 4.69. The van der Waals surface area contributed by atoms with Crippen molar-refractivity contribution in [2.75, 3.05) is 31.1 Å². The van der Waals surface area contributed by atoms with E-state index in [4.69, 9.17) is 0 Å². The van der Waals surface area contributed by atoms with E-state index in [1.807, 2.05) is 9.80 Å². The topological polar surface area (TPSA) is 23.6 Å². The van der Waals surface area contributed by atoms with Crippen LogP contribution in [-0.2, 0) is 11.0 Å². The SMILES string of the molecule is CCCCCCCC(=O)N1CCN(c2ccc(C(F)(F)F)cc2)CC1. The molecule has 0 radical (unpaired) electrons. The second-order valence-electron chi connectivity index (χ2n) is 6.58. The molecule has 0 aromatic heterocycles. The van der Waals surface area contributed by atoms with Crippen LogP contribution in [-0.4, -0.2) is 37.0 Å². The van der Waals surface area contributed by atoms with Crippen LogP contribution in [0.1, 0.15) is 51.0 Å². The molecule has 1 heterocycles. The Morgan fingerprint density at radius 2 is 1.56 bits per heavy atom. The molecule has 0 aliphatic carbocycles. The van der Waals surface area contributed by atoms with Crippen LogP contribution in [0.5, 0.6) is 0 Å². The predicted molar refractivity (Wildman–Crippen MR) is 93.6 cm³/mol. The number of carbonyl (C=O) groups excluding carboxylic acids is 1. The molecule has 1 aromatic rings. The van der Waals surface area contributed by atoms with Gasteiger partial charge < -0.3 is 9.80 Å². The summed E-state index contributed by atoms with van der Waals surface area (Å²) in [6, 6.07) is 5.24. The minimum Gasteiger partial charge on any atom is -0.368 e. The molecular formula is C19H27F3N2O. The lowest BCUT2D eigenvalue weighted by molar-refractivity contribution is -0.137. The summed E-state index contributed by atoms with van der Waals surface area (Å²) in [5, 5.41) is 0. The molecule has 1 saturated heterocycles. The molecule has 6 heteroatoms. The van der Waals surface area contributed by atoms with Crippen LogP contribution in [0.2, 0.25) is 0 Å². The van der Waals surface area contributed by atoms with E-state index in [0.717, 1.165) is 30.7 Å². The Morgan fingerprint density at radius 1 is 0.960 bits per heavy atom. The van der Waals surface area contributed by atoms with E-state index >= 15 is 0 Å². The van der Waals surface area contributed by atoms with Crippen molar-refractivity contribution in [1.29, 1.82) is 0 Å². The van der Waals surface area contributed by atoms with Crippen molar-refractivity contribution < 1.29 is 18.0 Å². The third-order valence-electron chi connectivity index (χ3n) is 4.69. The Morgan fingerprint density at radius 3 is 2.12 bits per heavy atom. The molecule has 0 saturated carbocycles. The number of alkyl halides is 3. The minimum absolute atomic E-state index is 0.198. The van der Waals surface area contributed by atoms with Gasteiger partial charge in [-0.15, -0.1) is 0 Å². The molecule has 1 fully saturated rings. The van der Waals surface area contributed by atoms with E-state index in [2.05, 4.69) is 6.92 Å². The van der Waals surface area contributed by atoms with Crippen LogP contribution < -0.4 is 4.90 Å². The van der Waals surface area contributed by atoms with Gasteiger partial charge in [-0.3, -0.25) is 4.79 Å². The number of anilines is 1. The van der Waals surface area contributed by atoms with Gasteiger partial charge in [-0.1, -0.05) is 32.6 Å². The minimum atomic E-state index is -4.30. The zero-order valence-corrected chi connectivity index (χ0v) is 14.8. The van der Waals surface area contributed by atoms with E-state index < -0.39 is 11.7 Å². The van der Waals surface area contributed by atoms with Crippen LogP contribution >= 0.6 is 0 Å². The first-order valence-corrected chi connectivity index (χ1v) is 9.12. The van der Waals surface area contributed by atoms with Crippen molar-refractivity contribution >= 4 is 11.6 Å². The van der Waals surface area contributed by atoms with E-state index in [1.54, 1.807) is 0 Å². The van der Waals surface area contributed by atoms with Crippen molar-refractivity contribution in [1.82, 2.24) is 4.90 Å². The molecular weight excluding hydrogens is 329 g/mol. The Balaban J connectivity index is 1.76. The monoisotopic (exact) mass is 356 g/mol. The number of carbonyl (C=O) groups is 1. The highest BCUT2D eigenvalue weighted by atomic mass is 19.4. The summed E-state index contributed by atoms with van der Waals surface area (Å²) in [4.78, 5) is 16.1. The molecule has 25 heavy (non-hydrogen) atoms. The number of piperazine rings is 1. The first-order valence-electron chi connectivity index (χ1n) is 9.12. The predicted octanol–water partition coefficient (Wildman–Crippen LogP) is 4.71. The Kier molecular flexibility index (Phi) is 7.14. The molecule has 0 unspecified atom stereocenters. The summed E-state index contributed by atoms with van der Waals surface area (Å²) in [6.07, 6.45) is 1.94. The fraction of sp³-hybridized carbons (Fsp3) is 0.632. The molecule has 3 nitrogen and oxygen atoms in total. The zero-order chi connectivity index (χ0) is 18.3. The van der Waals surface area contributed by atoms with Gasteiger partial charge in [0.1, 0.15) is 0 Å². The van der Waals surface area contributed by atoms with Gasteiger partial charge in [0.05, 0.1) is 5.56 Å². The quantitative estimate of drug-likeness (QED) is 0.660. The Bertz CT molecular complexity index is 535. The van der Waals surface area contributed by atoms with Crippen LogP contribution in [0.4, 0.5) is 18.9 Å². The highest BCUT2D eigenvalue weighted by Crippen LogP contribution is 2.30. The van der Waals surface area contributed by atoms with Crippen LogP contribution in [0.3, 0.4) is 0 Å². The largest absolute Gasteiger partial charge is 0.416 e. The number of benzene rings is 1. The maximum atomic E-state index is 12.6. The summed E-state index contributed by atoms with van der Waals surface area (Å²) in [5.74, 6) is 0.198. The van der Waals surface area contributed by atoms with E-state index in [1.165, 1.54) is 31.4 Å². The highest BCUT2D eigenvalue weighted by molar-refractivity contribution is 5.76. The second kappa shape index (κ2) is 9.11. The number of nitrogens with zero attached hydrogens (tertiary/aromatic N) is 2. The summed E-state index contributed by atoms with van der Waals surface area (Å²) in [5.41, 5.74) is 0.146. The maximum absolute atomic E-state index is 12.6. The zero-order valence-electron chi connectivity index (χ0n) is 14.8. The molecule has 1 aliphatic rings.